The van der Waals surface area contributed by atoms with Gasteiger partial charge in [0.05, 0.1) is 12.2 Å². The summed E-state index contributed by atoms with van der Waals surface area (Å²) in [5.41, 5.74) is -0.500. The fourth-order valence-electron chi connectivity index (χ4n) is 0.500. The monoisotopic (exact) mass is 218 g/mol. The standard InChI is InChI=1S/C6H14.C4H10O.C3H6O/c1-3-5-6-4-2;1-4(2,3)5;1-2-3-4/h3-6H2,1-2H3;5H,1-3H3;2,4H,1,3H2. The van der Waals surface area contributed by atoms with Crippen molar-refractivity contribution in [3.8, 4) is 0 Å². The molecular weight excluding hydrogens is 188 g/mol. The molecule has 0 aromatic rings. The van der Waals surface area contributed by atoms with Gasteiger partial charge in [0.1, 0.15) is 0 Å². The van der Waals surface area contributed by atoms with Gasteiger partial charge in [-0.25, -0.2) is 0 Å². The van der Waals surface area contributed by atoms with Crippen molar-refractivity contribution in [3.63, 3.8) is 0 Å². The summed E-state index contributed by atoms with van der Waals surface area (Å²) < 4.78 is 0. The molecule has 0 heterocycles. The highest BCUT2D eigenvalue weighted by Crippen LogP contribution is 1.95. The van der Waals surface area contributed by atoms with E-state index in [1.807, 2.05) is 0 Å². The number of aliphatic hydroxyl groups is 2. The normalized spacial score (nSPS) is 9.27. The van der Waals surface area contributed by atoms with Crippen LogP contribution in [0.25, 0.3) is 0 Å². The summed E-state index contributed by atoms with van der Waals surface area (Å²) in [4.78, 5) is 0. The average Bonchev–Trinajstić information content (AvgIpc) is 2.12. The molecule has 0 aliphatic heterocycles. The number of aliphatic hydroxyl groups excluding tert-OH is 1. The van der Waals surface area contributed by atoms with E-state index in [2.05, 4.69) is 20.4 Å². The Kier molecular flexibility index (Phi) is 21.6. The molecule has 0 atom stereocenters. The Bertz CT molecular complexity index is 93.6. The van der Waals surface area contributed by atoms with E-state index in [0.717, 1.165) is 0 Å². The second-order valence-corrected chi connectivity index (χ2v) is 4.35. The molecule has 0 spiro atoms. The summed E-state index contributed by atoms with van der Waals surface area (Å²) in [6, 6.07) is 0. The minimum absolute atomic E-state index is 0.0833. The summed E-state index contributed by atoms with van der Waals surface area (Å²) in [5, 5.41) is 16.3. The Morgan fingerprint density at radius 1 is 1.07 bits per heavy atom. The lowest BCUT2D eigenvalue weighted by Crippen LogP contribution is -2.10. The molecule has 0 saturated carbocycles. The molecule has 0 unspecified atom stereocenters. The van der Waals surface area contributed by atoms with Crippen molar-refractivity contribution < 1.29 is 10.2 Å². The topological polar surface area (TPSA) is 40.5 Å². The Labute approximate surface area is 96.0 Å². The van der Waals surface area contributed by atoms with Gasteiger partial charge in [0.25, 0.3) is 0 Å². The average molecular weight is 218 g/mol. The molecule has 0 fully saturated rings. The predicted octanol–water partition coefficient (Wildman–Crippen LogP) is 3.53. The van der Waals surface area contributed by atoms with Crippen molar-refractivity contribution in [2.75, 3.05) is 6.61 Å². The van der Waals surface area contributed by atoms with Crippen LogP contribution in [0.4, 0.5) is 0 Å². The van der Waals surface area contributed by atoms with E-state index in [1.54, 1.807) is 20.8 Å². The van der Waals surface area contributed by atoms with E-state index in [1.165, 1.54) is 31.8 Å². The van der Waals surface area contributed by atoms with E-state index in [4.69, 9.17) is 10.2 Å². The third kappa shape index (κ3) is 139. The van der Waals surface area contributed by atoms with Crippen LogP contribution in [0.2, 0.25) is 0 Å². The van der Waals surface area contributed by atoms with Crippen LogP contribution < -0.4 is 0 Å². The summed E-state index contributed by atoms with van der Waals surface area (Å²) in [6.45, 7) is 13.0. The summed E-state index contributed by atoms with van der Waals surface area (Å²) in [6.07, 6.45) is 6.97. The molecule has 2 heteroatoms. The van der Waals surface area contributed by atoms with Gasteiger partial charge >= 0.3 is 0 Å². The lowest BCUT2D eigenvalue weighted by molar-refractivity contribution is 0.102. The van der Waals surface area contributed by atoms with Crippen LogP contribution in [0.15, 0.2) is 12.7 Å². The van der Waals surface area contributed by atoms with Crippen LogP contribution in [-0.4, -0.2) is 22.4 Å². The van der Waals surface area contributed by atoms with E-state index < -0.39 is 5.60 Å². The third-order valence-corrected chi connectivity index (χ3v) is 1.09. The summed E-state index contributed by atoms with van der Waals surface area (Å²) in [7, 11) is 0. The van der Waals surface area contributed by atoms with Crippen molar-refractivity contribution in [2.24, 2.45) is 0 Å². The number of hydrogen-bond donors (Lipinski definition) is 2. The van der Waals surface area contributed by atoms with Gasteiger partial charge in [0.2, 0.25) is 0 Å². The first-order valence-electron chi connectivity index (χ1n) is 5.77. The van der Waals surface area contributed by atoms with E-state index in [9.17, 15) is 0 Å². The van der Waals surface area contributed by atoms with Crippen molar-refractivity contribution in [3.05, 3.63) is 12.7 Å². The SMILES string of the molecule is C=CCO.CC(C)(C)O.CCCCCC. The first kappa shape index (κ1) is 20.1. The zero-order valence-corrected chi connectivity index (χ0v) is 11.2. The van der Waals surface area contributed by atoms with Crippen LogP contribution in [0.3, 0.4) is 0 Å². The van der Waals surface area contributed by atoms with Crippen LogP contribution in [0.5, 0.6) is 0 Å². The second kappa shape index (κ2) is 16.1. The van der Waals surface area contributed by atoms with E-state index in [0.29, 0.717) is 0 Å². The molecule has 0 aliphatic carbocycles. The largest absolute Gasteiger partial charge is 0.392 e. The third-order valence-electron chi connectivity index (χ3n) is 1.09. The molecule has 2 nitrogen and oxygen atoms in total. The Morgan fingerprint density at radius 3 is 1.33 bits per heavy atom. The minimum atomic E-state index is -0.500. The number of rotatable bonds is 4. The van der Waals surface area contributed by atoms with Gasteiger partial charge in [-0.2, -0.15) is 0 Å². The molecule has 0 bridgehead atoms. The first-order valence-corrected chi connectivity index (χ1v) is 5.77. The van der Waals surface area contributed by atoms with Crippen molar-refractivity contribution in [1.82, 2.24) is 0 Å². The quantitative estimate of drug-likeness (QED) is 0.560. The van der Waals surface area contributed by atoms with Crippen LogP contribution in [0, 0.1) is 0 Å². The minimum Gasteiger partial charge on any atom is -0.392 e. The molecule has 15 heavy (non-hydrogen) atoms. The van der Waals surface area contributed by atoms with Gasteiger partial charge in [0, 0.05) is 0 Å². The van der Waals surface area contributed by atoms with Crippen LogP contribution in [0.1, 0.15) is 60.3 Å². The molecule has 94 valence electrons. The zero-order chi connectivity index (χ0) is 12.7. The van der Waals surface area contributed by atoms with Gasteiger partial charge in [-0.15, -0.1) is 6.58 Å². The van der Waals surface area contributed by atoms with Crippen molar-refractivity contribution in [2.45, 2.75) is 65.9 Å². The van der Waals surface area contributed by atoms with Crippen LogP contribution >= 0.6 is 0 Å². The Morgan fingerprint density at radius 2 is 1.27 bits per heavy atom. The predicted molar refractivity (Wildman–Crippen MR) is 69.1 cm³/mol. The molecule has 0 rings (SSSR count). The Balaban J connectivity index is -0.000000147. The van der Waals surface area contributed by atoms with E-state index in [-0.39, 0.29) is 6.61 Å². The molecule has 2 N–H and O–H groups in total. The first-order chi connectivity index (χ1) is 6.83. The highest BCUT2D eigenvalue weighted by Gasteiger charge is 1.97. The maximum absolute atomic E-state index is 8.52. The van der Waals surface area contributed by atoms with Gasteiger partial charge in [-0.1, -0.05) is 45.6 Å². The molecular formula is C13H30O2. The summed E-state index contributed by atoms with van der Waals surface area (Å²) >= 11 is 0. The number of hydrogen-bond acceptors (Lipinski definition) is 2. The second-order valence-electron chi connectivity index (χ2n) is 4.35. The fourth-order valence-corrected chi connectivity index (χ4v) is 0.500. The lowest BCUT2D eigenvalue weighted by atomic mass is 10.2. The van der Waals surface area contributed by atoms with Gasteiger partial charge in [0.15, 0.2) is 0 Å². The van der Waals surface area contributed by atoms with E-state index >= 15 is 0 Å². The van der Waals surface area contributed by atoms with Gasteiger partial charge in [-0.3, -0.25) is 0 Å². The molecule has 0 aliphatic rings. The smallest absolute Gasteiger partial charge is 0.0609 e. The molecule has 0 amide bonds. The maximum atomic E-state index is 8.52. The van der Waals surface area contributed by atoms with Crippen molar-refractivity contribution >= 4 is 0 Å². The molecule has 0 radical (unpaired) electrons. The molecule has 0 saturated heterocycles. The van der Waals surface area contributed by atoms with Crippen LogP contribution in [-0.2, 0) is 0 Å². The molecule has 0 aromatic heterocycles. The van der Waals surface area contributed by atoms with Gasteiger partial charge in [-0.05, 0) is 20.8 Å². The van der Waals surface area contributed by atoms with Crippen molar-refractivity contribution in [1.29, 1.82) is 0 Å². The molecule has 0 aromatic carbocycles. The zero-order valence-electron chi connectivity index (χ0n) is 11.2. The fraction of sp³-hybridized carbons (Fsp3) is 0.846. The van der Waals surface area contributed by atoms with Gasteiger partial charge < -0.3 is 10.2 Å². The summed E-state index contributed by atoms with van der Waals surface area (Å²) in [5.74, 6) is 0. The lowest BCUT2D eigenvalue weighted by Gasteiger charge is -2.04. The number of unbranched alkanes of at least 4 members (excludes halogenated alkanes) is 3. The maximum Gasteiger partial charge on any atom is 0.0609 e. The highest BCUT2D eigenvalue weighted by molar-refractivity contribution is 4.60. The Hall–Kier alpha value is -0.340. The highest BCUT2D eigenvalue weighted by atomic mass is 16.3.